The highest BCUT2D eigenvalue weighted by atomic mass is 16.5. The topological polar surface area (TPSA) is 66.3 Å². The van der Waals surface area contributed by atoms with E-state index in [0.717, 1.165) is 12.8 Å². The Morgan fingerprint density at radius 2 is 2.18 bits per heavy atom. The quantitative estimate of drug-likeness (QED) is 0.576. The van der Waals surface area contributed by atoms with Crippen LogP contribution in [0.2, 0.25) is 0 Å². The molecule has 0 aromatic carbocycles. The first-order chi connectivity index (χ1) is 8.21. The largest absolute Gasteiger partial charge is 0.460 e. The van der Waals surface area contributed by atoms with E-state index in [0.29, 0.717) is 13.1 Å². The molecular formula is C11H18N4O2. The number of urea groups is 1. The summed E-state index contributed by atoms with van der Waals surface area (Å²) in [5.74, 6) is 0. The van der Waals surface area contributed by atoms with Gasteiger partial charge in [-0.25, -0.2) is 14.8 Å². The number of amidine groups is 1. The van der Waals surface area contributed by atoms with Crippen LogP contribution in [0.4, 0.5) is 4.79 Å². The SMILES string of the molecule is C=CN=C(N=C)OC1CCN(C(=O)NC)CC1. The van der Waals surface area contributed by atoms with E-state index < -0.39 is 0 Å². The summed E-state index contributed by atoms with van der Waals surface area (Å²) in [7, 11) is 1.63. The van der Waals surface area contributed by atoms with Gasteiger partial charge in [-0.15, -0.1) is 0 Å². The molecule has 1 rings (SSSR count). The van der Waals surface area contributed by atoms with Gasteiger partial charge in [0.25, 0.3) is 0 Å². The molecule has 0 spiro atoms. The summed E-state index contributed by atoms with van der Waals surface area (Å²) in [5, 5.41) is 2.60. The van der Waals surface area contributed by atoms with E-state index in [9.17, 15) is 4.79 Å². The molecule has 1 aliphatic rings. The van der Waals surface area contributed by atoms with Crippen molar-refractivity contribution in [2.75, 3.05) is 20.1 Å². The maximum atomic E-state index is 11.4. The predicted octanol–water partition coefficient (Wildman–Crippen LogP) is 1.01. The number of nitrogens with zero attached hydrogens (tertiary/aromatic N) is 3. The van der Waals surface area contributed by atoms with Gasteiger partial charge in [-0.1, -0.05) is 6.58 Å². The van der Waals surface area contributed by atoms with Crippen molar-refractivity contribution in [3.8, 4) is 0 Å². The molecule has 0 atom stereocenters. The Balaban J connectivity index is 2.41. The fourth-order valence-corrected chi connectivity index (χ4v) is 1.67. The summed E-state index contributed by atoms with van der Waals surface area (Å²) in [6.07, 6.45) is 2.92. The lowest BCUT2D eigenvalue weighted by molar-refractivity contribution is 0.102. The van der Waals surface area contributed by atoms with E-state index in [1.54, 1.807) is 11.9 Å². The number of hydrogen-bond donors (Lipinski definition) is 1. The highest BCUT2D eigenvalue weighted by molar-refractivity contribution is 5.79. The van der Waals surface area contributed by atoms with Crippen LogP contribution in [0.1, 0.15) is 12.8 Å². The predicted molar refractivity (Wildman–Crippen MR) is 67.3 cm³/mol. The summed E-state index contributed by atoms with van der Waals surface area (Å²) >= 11 is 0. The minimum absolute atomic E-state index is 0.0279. The molecule has 6 nitrogen and oxygen atoms in total. The number of hydrogen-bond acceptors (Lipinski definition) is 3. The van der Waals surface area contributed by atoms with Crippen molar-refractivity contribution >= 4 is 18.8 Å². The van der Waals surface area contributed by atoms with Crippen molar-refractivity contribution in [3.05, 3.63) is 12.8 Å². The third-order valence-electron chi connectivity index (χ3n) is 2.55. The summed E-state index contributed by atoms with van der Waals surface area (Å²) in [5.41, 5.74) is 0. The number of ether oxygens (including phenoxy) is 1. The molecule has 17 heavy (non-hydrogen) atoms. The van der Waals surface area contributed by atoms with Crippen LogP contribution in [-0.2, 0) is 4.74 Å². The van der Waals surface area contributed by atoms with E-state index in [-0.39, 0.29) is 18.2 Å². The second kappa shape index (κ2) is 6.67. The lowest BCUT2D eigenvalue weighted by Crippen LogP contribution is -2.45. The Bertz CT molecular complexity index is 319. The van der Waals surface area contributed by atoms with E-state index >= 15 is 0 Å². The number of likely N-dealkylation sites (tertiary alicyclic amines) is 1. The zero-order valence-electron chi connectivity index (χ0n) is 10.1. The molecule has 0 radical (unpaired) electrons. The molecule has 0 unspecified atom stereocenters. The van der Waals surface area contributed by atoms with Gasteiger partial charge in [-0.05, 0) is 6.72 Å². The monoisotopic (exact) mass is 238 g/mol. The first-order valence-corrected chi connectivity index (χ1v) is 5.50. The molecule has 1 aliphatic heterocycles. The zero-order valence-corrected chi connectivity index (χ0v) is 10.1. The van der Waals surface area contributed by atoms with Gasteiger partial charge in [-0.3, -0.25) is 0 Å². The third kappa shape index (κ3) is 3.90. The molecule has 1 heterocycles. The smallest absolute Gasteiger partial charge is 0.317 e. The average Bonchev–Trinajstić information content (AvgIpc) is 2.38. The van der Waals surface area contributed by atoms with Crippen LogP contribution < -0.4 is 5.32 Å². The first-order valence-electron chi connectivity index (χ1n) is 5.50. The van der Waals surface area contributed by atoms with E-state index in [2.05, 4.69) is 28.6 Å². The highest BCUT2D eigenvalue weighted by Crippen LogP contribution is 2.14. The lowest BCUT2D eigenvalue weighted by atomic mass is 10.1. The Morgan fingerprint density at radius 1 is 1.53 bits per heavy atom. The molecule has 94 valence electrons. The maximum absolute atomic E-state index is 11.4. The minimum atomic E-state index is -0.0507. The van der Waals surface area contributed by atoms with Gasteiger partial charge in [0.2, 0.25) is 0 Å². The van der Waals surface area contributed by atoms with Crippen molar-refractivity contribution < 1.29 is 9.53 Å². The molecule has 1 saturated heterocycles. The summed E-state index contributed by atoms with van der Waals surface area (Å²) in [6, 6.07) is 0.184. The molecular weight excluding hydrogens is 220 g/mol. The van der Waals surface area contributed by atoms with Gasteiger partial charge >= 0.3 is 12.1 Å². The van der Waals surface area contributed by atoms with Gasteiger partial charge in [0.1, 0.15) is 6.10 Å². The van der Waals surface area contributed by atoms with Crippen LogP contribution >= 0.6 is 0 Å². The number of aliphatic imine (C=N–C) groups is 2. The second-order valence-corrected chi connectivity index (χ2v) is 3.61. The van der Waals surface area contributed by atoms with Crippen LogP contribution in [0.3, 0.4) is 0 Å². The van der Waals surface area contributed by atoms with Crippen LogP contribution in [0.25, 0.3) is 0 Å². The average molecular weight is 238 g/mol. The van der Waals surface area contributed by atoms with Gasteiger partial charge in [0, 0.05) is 39.2 Å². The number of carbonyl (C=O) groups is 1. The van der Waals surface area contributed by atoms with Gasteiger partial charge in [0.05, 0.1) is 0 Å². The molecule has 1 fully saturated rings. The lowest BCUT2D eigenvalue weighted by Gasteiger charge is -2.31. The van der Waals surface area contributed by atoms with Crippen molar-refractivity contribution in [1.29, 1.82) is 0 Å². The Morgan fingerprint density at radius 3 is 2.65 bits per heavy atom. The molecule has 0 aromatic heterocycles. The van der Waals surface area contributed by atoms with Crippen LogP contribution in [0.5, 0.6) is 0 Å². The molecule has 1 N–H and O–H groups in total. The fourth-order valence-electron chi connectivity index (χ4n) is 1.67. The Kier molecular flexibility index (Phi) is 5.19. The third-order valence-corrected chi connectivity index (χ3v) is 2.55. The fraction of sp³-hybridized carbons (Fsp3) is 0.545. The minimum Gasteiger partial charge on any atom is -0.460 e. The highest BCUT2D eigenvalue weighted by Gasteiger charge is 2.23. The standard InChI is InChI=1S/C11H18N4O2/c1-4-14-10(12-2)17-9-5-7-15(8-6-9)11(16)13-3/h4,9H,1-2,5-8H2,3H3,(H,13,16). The van der Waals surface area contributed by atoms with E-state index in [1.807, 2.05) is 0 Å². The number of amides is 2. The van der Waals surface area contributed by atoms with Crippen LogP contribution in [0.15, 0.2) is 22.8 Å². The number of carbonyl (C=O) groups excluding carboxylic acids is 1. The van der Waals surface area contributed by atoms with E-state index in [4.69, 9.17) is 4.74 Å². The Hall–Kier alpha value is -1.85. The van der Waals surface area contributed by atoms with Crippen LogP contribution in [-0.4, -0.2) is 49.9 Å². The summed E-state index contributed by atoms with van der Waals surface area (Å²) in [4.78, 5) is 20.6. The van der Waals surface area contributed by atoms with Gasteiger partial charge in [-0.2, -0.15) is 0 Å². The normalized spacial score (nSPS) is 17.5. The molecule has 6 heteroatoms. The number of piperidine rings is 1. The summed E-state index contributed by atoms with van der Waals surface area (Å²) < 4.78 is 5.53. The van der Waals surface area contributed by atoms with Crippen molar-refractivity contribution in [3.63, 3.8) is 0 Å². The van der Waals surface area contributed by atoms with Crippen molar-refractivity contribution in [1.82, 2.24) is 10.2 Å². The molecule has 0 saturated carbocycles. The Labute approximate surface area is 101 Å². The first kappa shape index (κ1) is 13.2. The van der Waals surface area contributed by atoms with Gasteiger partial charge < -0.3 is 15.0 Å². The van der Waals surface area contributed by atoms with Gasteiger partial charge in [0.15, 0.2) is 0 Å². The molecule has 0 aromatic rings. The number of rotatable bonds is 2. The maximum Gasteiger partial charge on any atom is 0.317 e. The molecule has 2 amide bonds. The molecule has 0 aliphatic carbocycles. The van der Waals surface area contributed by atoms with Crippen molar-refractivity contribution in [2.45, 2.75) is 18.9 Å². The number of nitrogens with one attached hydrogen (secondary N) is 1. The zero-order chi connectivity index (χ0) is 12.7. The summed E-state index contributed by atoms with van der Waals surface area (Å²) in [6.45, 7) is 8.18. The second-order valence-electron chi connectivity index (χ2n) is 3.61. The van der Waals surface area contributed by atoms with Crippen molar-refractivity contribution in [2.24, 2.45) is 9.98 Å². The van der Waals surface area contributed by atoms with Crippen LogP contribution in [0, 0.1) is 0 Å². The van der Waals surface area contributed by atoms with E-state index in [1.165, 1.54) is 6.20 Å². The molecule has 0 bridgehead atoms.